The molecule has 0 aliphatic carbocycles. The normalized spacial score (nSPS) is 16.2. The van der Waals surface area contributed by atoms with Crippen LogP contribution in [0.25, 0.3) is 0 Å². The van der Waals surface area contributed by atoms with Crippen molar-refractivity contribution in [3.05, 3.63) is 11.6 Å². The molecule has 1 heteroatoms. The Balaban J connectivity index is 3.63. The van der Waals surface area contributed by atoms with Gasteiger partial charge in [-0.3, -0.25) is 0 Å². The van der Waals surface area contributed by atoms with Crippen molar-refractivity contribution >= 4 is 0 Å². The molecular formula is C7H15N. The molecule has 2 N–H and O–H groups in total. The summed E-state index contributed by atoms with van der Waals surface area (Å²) in [7, 11) is 0. The minimum Gasteiger partial charge on any atom is -0.324 e. The van der Waals surface area contributed by atoms with Crippen molar-refractivity contribution in [2.75, 3.05) is 0 Å². The van der Waals surface area contributed by atoms with Crippen molar-refractivity contribution in [1.29, 1.82) is 0 Å². The molecule has 0 aromatic carbocycles. The number of nitrogens with two attached hydrogens (primary N) is 1. The van der Waals surface area contributed by atoms with E-state index < -0.39 is 0 Å². The molecule has 0 amide bonds. The van der Waals surface area contributed by atoms with Gasteiger partial charge in [-0.1, -0.05) is 18.6 Å². The highest BCUT2D eigenvalue weighted by atomic mass is 14.6. The molecule has 0 rings (SSSR count). The first-order chi connectivity index (χ1) is 3.72. The predicted molar refractivity (Wildman–Crippen MR) is 37.7 cm³/mol. The summed E-state index contributed by atoms with van der Waals surface area (Å²) < 4.78 is 0. The van der Waals surface area contributed by atoms with Crippen molar-refractivity contribution in [1.82, 2.24) is 0 Å². The number of rotatable bonds is 2. The Labute approximate surface area is 51.6 Å². The fraction of sp³-hybridized carbons (Fsp3) is 0.714. The van der Waals surface area contributed by atoms with Gasteiger partial charge in [-0.25, -0.2) is 0 Å². The number of hydrogen-bond acceptors (Lipinski definition) is 1. The molecule has 1 nitrogen and oxygen atoms in total. The summed E-state index contributed by atoms with van der Waals surface area (Å²) in [5, 5.41) is 0. The van der Waals surface area contributed by atoms with Crippen molar-refractivity contribution in [2.45, 2.75) is 33.2 Å². The van der Waals surface area contributed by atoms with Crippen LogP contribution in [0.3, 0.4) is 0 Å². The lowest BCUT2D eigenvalue weighted by atomic mass is 10.1. The molecule has 1 unspecified atom stereocenters. The standard InChI is InChI=1S/C7H15N/c1-4-6(3)7(8)5-2/h4,7H,5,8H2,1-3H3/b6-4-. The quantitative estimate of drug-likeness (QED) is 0.542. The molecule has 0 bridgehead atoms. The fourth-order valence-corrected chi connectivity index (χ4v) is 0.536. The van der Waals surface area contributed by atoms with Crippen molar-refractivity contribution < 1.29 is 0 Å². The Morgan fingerprint density at radius 2 is 2.25 bits per heavy atom. The fourth-order valence-electron chi connectivity index (χ4n) is 0.536. The van der Waals surface area contributed by atoms with Gasteiger partial charge < -0.3 is 5.73 Å². The van der Waals surface area contributed by atoms with Gasteiger partial charge in [-0.05, 0) is 20.3 Å². The second-order valence-electron chi connectivity index (χ2n) is 2.05. The van der Waals surface area contributed by atoms with E-state index in [0.717, 1.165) is 6.42 Å². The molecule has 0 fully saturated rings. The van der Waals surface area contributed by atoms with Crippen molar-refractivity contribution in [3.63, 3.8) is 0 Å². The summed E-state index contributed by atoms with van der Waals surface area (Å²) in [4.78, 5) is 0. The molecule has 0 aliphatic rings. The molecule has 0 aromatic rings. The summed E-state index contributed by atoms with van der Waals surface area (Å²) in [5.74, 6) is 0. The predicted octanol–water partition coefficient (Wildman–Crippen LogP) is 1.69. The molecule has 1 atom stereocenters. The van der Waals surface area contributed by atoms with E-state index in [1.807, 2.05) is 6.92 Å². The van der Waals surface area contributed by atoms with E-state index in [1.54, 1.807) is 0 Å². The van der Waals surface area contributed by atoms with Gasteiger partial charge in [0.1, 0.15) is 0 Å². The lowest BCUT2D eigenvalue weighted by Gasteiger charge is -2.06. The molecule has 0 aliphatic heterocycles. The lowest BCUT2D eigenvalue weighted by molar-refractivity contribution is 0.738. The molecular weight excluding hydrogens is 98.1 g/mol. The van der Waals surface area contributed by atoms with E-state index in [-0.39, 0.29) is 6.04 Å². The van der Waals surface area contributed by atoms with Crippen LogP contribution in [-0.2, 0) is 0 Å². The van der Waals surface area contributed by atoms with Gasteiger partial charge in [-0.2, -0.15) is 0 Å². The van der Waals surface area contributed by atoms with E-state index in [1.165, 1.54) is 5.57 Å². The zero-order valence-corrected chi connectivity index (χ0v) is 5.94. The average molecular weight is 113 g/mol. The first-order valence-electron chi connectivity index (χ1n) is 3.10. The van der Waals surface area contributed by atoms with Gasteiger partial charge in [0.15, 0.2) is 0 Å². The highest BCUT2D eigenvalue weighted by Crippen LogP contribution is 2.00. The van der Waals surface area contributed by atoms with Crippen molar-refractivity contribution in [2.24, 2.45) is 5.73 Å². The van der Waals surface area contributed by atoms with E-state index in [4.69, 9.17) is 5.73 Å². The van der Waals surface area contributed by atoms with Gasteiger partial charge in [0, 0.05) is 6.04 Å². The molecule has 0 radical (unpaired) electrons. The van der Waals surface area contributed by atoms with Crippen LogP contribution in [0.2, 0.25) is 0 Å². The zero-order valence-electron chi connectivity index (χ0n) is 5.94. The summed E-state index contributed by atoms with van der Waals surface area (Å²) in [6, 6.07) is 0.278. The van der Waals surface area contributed by atoms with E-state index in [2.05, 4.69) is 19.9 Å². The van der Waals surface area contributed by atoms with Crippen LogP contribution in [-0.4, -0.2) is 6.04 Å². The summed E-state index contributed by atoms with van der Waals surface area (Å²) >= 11 is 0. The first-order valence-corrected chi connectivity index (χ1v) is 3.10. The highest BCUT2D eigenvalue weighted by Gasteiger charge is 1.96. The van der Waals surface area contributed by atoms with Crippen LogP contribution in [0.5, 0.6) is 0 Å². The van der Waals surface area contributed by atoms with Gasteiger partial charge in [0.2, 0.25) is 0 Å². The Kier molecular flexibility index (Phi) is 3.53. The average Bonchev–Trinajstić information content (AvgIpc) is 1.84. The summed E-state index contributed by atoms with van der Waals surface area (Å²) in [5.41, 5.74) is 6.94. The largest absolute Gasteiger partial charge is 0.324 e. The minimum absolute atomic E-state index is 0.278. The van der Waals surface area contributed by atoms with Crippen LogP contribution >= 0.6 is 0 Å². The van der Waals surface area contributed by atoms with Gasteiger partial charge in [-0.15, -0.1) is 0 Å². The van der Waals surface area contributed by atoms with E-state index >= 15 is 0 Å². The first kappa shape index (κ1) is 7.70. The zero-order chi connectivity index (χ0) is 6.57. The third kappa shape index (κ3) is 2.12. The molecule has 48 valence electrons. The molecule has 0 saturated heterocycles. The lowest BCUT2D eigenvalue weighted by Crippen LogP contribution is -2.19. The molecule has 8 heavy (non-hydrogen) atoms. The van der Waals surface area contributed by atoms with Crippen LogP contribution in [0.1, 0.15) is 27.2 Å². The topological polar surface area (TPSA) is 26.0 Å². The third-order valence-corrected chi connectivity index (χ3v) is 1.48. The van der Waals surface area contributed by atoms with E-state index in [9.17, 15) is 0 Å². The Hall–Kier alpha value is -0.300. The maximum absolute atomic E-state index is 5.66. The highest BCUT2D eigenvalue weighted by molar-refractivity contribution is 5.04. The van der Waals surface area contributed by atoms with Crippen molar-refractivity contribution in [3.8, 4) is 0 Å². The van der Waals surface area contributed by atoms with Crippen LogP contribution in [0.15, 0.2) is 11.6 Å². The third-order valence-electron chi connectivity index (χ3n) is 1.48. The Morgan fingerprint density at radius 3 is 2.38 bits per heavy atom. The smallest absolute Gasteiger partial charge is 0.0248 e. The second-order valence-corrected chi connectivity index (χ2v) is 2.05. The molecule has 0 aromatic heterocycles. The van der Waals surface area contributed by atoms with Gasteiger partial charge in [0.25, 0.3) is 0 Å². The van der Waals surface area contributed by atoms with E-state index in [0.29, 0.717) is 0 Å². The van der Waals surface area contributed by atoms with Crippen LogP contribution in [0.4, 0.5) is 0 Å². The molecule has 0 heterocycles. The SMILES string of the molecule is C/C=C(/C)C(N)CC. The minimum atomic E-state index is 0.278. The number of allylic oxidation sites excluding steroid dienone is 1. The van der Waals surface area contributed by atoms with Gasteiger partial charge >= 0.3 is 0 Å². The summed E-state index contributed by atoms with van der Waals surface area (Å²) in [6.45, 7) is 6.18. The second kappa shape index (κ2) is 3.67. The molecule has 0 spiro atoms. The Bertz CT molecular complexity index is 84.4. The van der Waals surface area contributed by atoms with Crippen LogP contribution < -0.4 is 5.73 Å². The monoisotopic (exact) mass is 113 g/mol. The number of hydrogen-bond donors (Lipinski definition) is 1. The maximum atomic E-state index is 5.66. The molecule has 0 saturated carbocycles. The Morgan fingerprint density at radius 1 is 1.75 bits per heavy atom. The maximum Gasteiger partial charge on any atom is 0.0248 e. The summed E-state index contributed by atoms with van der Waals surface area (Å²) in [6.07, 6.45) is 3.10. The van der Waals surface area contributed by atoms with Crippen LogP contribution in [0, 0.1) is 0 Å². The van der Waals surface area contributed by atoms with Gasteiger partial charge in [0.05, 0.1) is 0 Å².